The van der Waals surface area contributed by atoms with Crippen LogP contribution in [-0.4, -0.2) is 52.5 Å². The minimum atomic E-state index is -3.39. The summed E-state index contributed by atoms with van der Waals surface area (Å²) in [6.07, 6.45) is 0.617. The standard InChI is InChI=1S/C27H27N3O6S2/c1-5-38(32,33)20-12-8-18(9-13-20)24(36-19-10-6-17(7-11-19)16-28-2)26(31)30-27-29-23-21(34-3)14-15-22(35-4)25(23)37-27/h6-16,24H,5H2,1-4H3,(H,29,30,31). The van der Waals surface area contributed by atoms with E-state index in [2.05, 4.69) is 15.3 Å². The Kier molecular flexibility index (Phi) is 8.28. The lowest BCUT2D eigenvalue weighted by Crippen LogP contribution is -2.25. The molecular weight excluding hydrogens is 526 g/mol. The second-order valence-corrected chi connectivity index (χ2v) is 11.4. The molecule has 4 rings (SSSR count). The van der Waals surface area contributed by atoms with Crippen molar-refractivity contribution >= 4 is 48.6 Å². The highest BCUT2D eigenvalue weighted by Gasteiger charge is 2.26. The minimum Gasteiger partial charge on any atom is -0.495 e. The quantitative estimate of drug-likeness (QED) is 0.277. The third kappa shape index (κ3) is 5.79. The molecule has 9 nitrogen and oxygen atoms in total. The number of anilines is 1. The topological polar surface area (TPSA) is 116 Å². The van der Waals surface area contributed by atoms with Gasteiger partial charge < -0.3 is 14.2 Å². The summed E-state index contributed by atoms with van der Waals surface area (Å²) in [5.41, 5.74) is 1.92. The van der Waals surface area contributed by atoms with Crippen molar-refractivity contribution in [2.45, 2.75) is 17.9 Å². The summed E-state index contributed by atoms with van der Waals surface area (Å²) in [7, 11) is 1.39. The maximum Gasteiger partial charge on any atom is 0.271 e. The number of thiazole rings is 1. The molecular formula is C27H27N3O6S2. The number of carbonyl (C=O) groups is 1. The van der Waals surface area contributed by atoms with E-state index in [0.717, 1.165) is 10.3 Å². The molecule has 3 aromatic carbocycles. The summed E-state index contributed by atoms with van der Waals surface area (Å²) in [5.74, 6) is 1.11. The van der Waals surface area contributed by atoms with Crippen molar-refractivity contribution in [3.05, 3.63) is 71.8 Å². The van der Waals surface area contributed by atoms with E-state index in [1.807, 2.05) is 12.1 Å². The molecule has 0 saturated carbocycles. The molecule has 1 heterocycles. The first kappa shape index (κ1) is 27.1. The maximum atomic E-state index is 13.5. The van der Waals surface area contributed by atoms with Gasteiger partial charge in [-0.15, -0.1) is 0 Å². The van der Waals surface area contributed by atoms with E-state index in [9.17, 15) is 13.2 Å². The minimum absolute atomic E-state index is 0.0231. The number of fused-ring (bicyclic) bond motifs is 1. The molecule has 4 aromatic rings. The van der Waals surface area contributed by atoms with Crippen LogP contribution in [0, 0.1) is 0 Å². The zero-order valence-corrected chi connectivity index (χ0v) is 22.9. The number of carbonyl (C=O) groups excluding carboxylic acids is 1. The van der Waals surface area contributed by atoms with Crippen LogP contribution in [-0.2, 0) is 14.6 Å². The Morgan fingerprint density at radius 3 is 2.29 bits per heavy atom. The molecule has 1 unspecified atom stereocenters. The number of hydrogen-bond acceptors (Lipinski definition) is 9. The molecule has 198 valence electrons. The lowest BCUT2D eigenvalue weighted by atomic mass is 10.1. The molecule has 0 bridgehead atoms. The highest BCUT2D eigenvalue weighted by Crippen LogP contribution is 2.39. The van der Waals surface area contributed by atoms with Crippen LogP contribution in [0.5, 0.6) is 17.2 Å². The summed E-state index contributed by atoms with van der Waals surface area (Å²) in [6.45, 7) is 1.58. The number of rotatable bonds is 10. The van der Waals surface area contributed by atoms with Crippen LogP contribution in [0.1, 0.15) is 24.2 Å². The van der Waals surface area contributed by atoms with Crippen molar-refractivity contribution in [2.24, 2.45) is 4.99 Å². The van der Waals surface area contributed by atoms with Crippen LogP contribution in [0.25, 0.3) is 10.2 Å². The van der Waals surface area contributed by atoms with Gasteiger partial charge in [-0.2, -0.15) is 0 Å². The van der Waals surface area contributed by atoms with E-state index >= 15 is 0 Å². The Labute approximate surface area is 225 Å². The summed E-state index contributed by atoms with van der Waals surface area (Å²) in [6, 6.07) is 16.7. The van der Waals surface area contributed by atoms with Gasteiger partial charge in [0.15, 0.2) is 15.0 Å². The molecule has 0 spiro atoms. The van der Waals surface area contributed by atoms with Crippen LogP contribution < -0.4 is 19.5 Å². The third-order valence-electron chi connectivity index (χ3n) is 5.71. The molecule has 1 aromatic heterocycles. The Balaban J connectivity index is 1.68. The molecule has 1 N–H and O–H groups in total. The average molecular weight is 554 g/mol. The monoisotopic (exact) mass is 553 g/mol. The van der Waals surface area contributed by atoms with Gasteiger partial charge >= 0.3 is 0 Å². The normalized spacial score (nSPS) is 12.4. The Morgan fingerprint density at radius 2 is 1.68 bits per heavy atom. The number of ether oxygens (including phenoxy) is 3. The fourth-order valence-electron chi connectivity index (χ4n) is 3.72. The smallest absolute Gasteiger partial charge is 0.271 e. The Bertz CT molecular complexity index is 1520. The fraction of sp³-hybridized carbons (Fsp3) is 0.222. The highest BCUT2D eigenvalue weighted by atomic mass is 32.2. The molecule has 11 heteroatoms. The van der Waals surface area contributed by atoms with E-state index in [0.29, 0.717) is 33.5 Å². The van der Waals surface area contributed by atoms with Gasteiger partial charge in [0.2, 0.25) is 6.10 Å². The number of methoxy groups -OCH3 is 2. The van der Waals surface area contributed by atoms with Crippen LogP contribution in [0.15, 0.2) is 70.6 Å². The van der Waals surface area contributed by atoms with Crippen molar-refractivity contribution in [3.63, 3.8) is 0 Å². The van der Waals surface area contributed by atoms with Crippen LogP contribution >= 0.6 is 11.3 Å². The first-order valence-electron chi connectivity index (χ1n) is 11.6. The number of hydrogen-bond donors (Lipinski definition) is 1. The van der Waals surface area contributed by atoms with E-state index in [-0.39, 0.29) is 10.6 Å². The third-order valence-corrected chi connectivity index (χ3v) is 8.45. The summed E-state index contributed by atoms with van der Waals surface area (Å²) >= 11 is 1.24. The zero-order chi connectivity index (χ0) is 27.3. The van der Waals surface area contributed by atoms with Gasteiger partial charge in [-0.3, -0.25) is 15.1 Å². The molecule has 0 saturated heterocycles. The van der Waals surface area contributed by atoms with Crippen molar-refractivity contribution in [1.29, 1.82) is 0 Å². The van der Waals surface area contributed by atoms with Gasteiger partial charge in [0, 0.05) is 18.8 Å². The molecule has 0 aliphatic rings. The summed E-state index contributed by atoms with van der Waals surface area (Å²) < 4.78 is 42.2. The van der Waals surface area contributed by atoms with Gasteiger partial charge in [-0.05, 0) is 54.1 Å². The number of benzene rings is 3. The van der Waals surface area contributed by atoms with Gasteiger partial charge in [0.25, 0.3) is 5.91 Å². The molecule has 0 aliphatic carbocycles. The van der Waals surface area contributed by atoms with E-state index in [1.165, 1.54) is 23.5 Å². The van der Waals surface area contributed by atoms with Gasteiger partial charge in [0.05, 0.1) is 24.9 Å². The summed E-state index contributed by atoms with van der Waals surface area (Å²) in [5, 5.41) is 3.17. The molecule has 38 heavy (non-hydrogen) atoms. The Hall–Kier alpha value is -3.96. The van der Waals surface area contributed by atoms with E-state index < -0.39 is 21.8 Å². The van der Waals surface area contributed by atoms with Crippen LogP contribution in [0.3, 0.4) is 0 Å². The second-order valence-electron chi connectivity index (χ2n) is 8.08. The molecule has 0 fully saturated rings. The number of nitrogens with zero attached hydrogens (tertiary/aromatic N) is 2. The van der Waals surface area contributed by atoms with Gasteiger partial charge in [-0.25, -0.2) is 13.4 Å². The van der Waals surface area contributed by atoms with E-state index in [4.69, 9.17) is 14.2 Å². The molecule has 1 amide bonds. The van der Waals surface area contributed by atoms with Gasteiger partial charge in [-0.1, -0.05) is 30.4 Å². The average Bonchev–Trinajstić information content (AvgIpc) is 3.36. The second kappa shape index (κ2) is 11.6. The lowest BCUT2D eigenvalue weighted by molar-refractivity contribution is -0.123. The highest BCUT2D eigenvalue weighted by molar-refractivity contribution is 7.91. The largest absolute Gasteiger partial charge is 0.495 e. The van der Waals surface area contributed by atoms with Crippen molar-refractivity contribution in [2.75, 3.05) is 32.3 Å². The number of sulfone groups is 1. The van der Waals surface area contributed by atoms with Crippen LogP contribution in [0.2, 0.25) is 0 Å². The first-order valence-corrected chi connectivity index (χ1v) is 14.1. The molecule has 1 atom stereocenters. The number of aliphatic imine (C=N–C) groups is 1. The zero-order valence-electron chi connectivity index (χ0n) is 21.3. The van der Waals surface area contributed by atoms with Crippen molar-refractivity contribution in [1.82, 2.24) is 4.98 Å². The fourth-order valence-corrected chi connectivity index (χ4v) is 5.58. The van der Waals surface area contributed by atoms with Crippen molar-refractivity contribution < 1.29 is 27.4 Å². The lowest BCUT2D eigenvalue weighted by Gasteiger charge is -2.19. The number of aromatic nitrogens is 1. The number of nitrogens with one attached hydrogen (secondary N) is 1. The summed E-state index contributed by atoms with van der Waals surface area (Å²) in [4.78, 5) is 22.2. The van der Waals surface area contributed by atoms with Gasteiger partial charge in [0.1, 0.15) is 27.5 Å². The predicted molar refractivity (Wildman–Crippen MR) is 149 cm³/mol. The maximum absolute atomic E-state index is 13.5. The Morgan fingerprint density at radius 1 is 1.03 bits per heavy atom. The van der Waals surface area contributed by atoms with Crippen LogP contribution in [0.4, 0.5) is 5.13 Å². The first-order chi connectivity index (χ1) is 18.3. The molecule has 0 radical (unpaired) electrons. The molecule has 0 aliphatic heterocycles. The van der Waals surface area contributed by atoms with Crippen molar-refractivity contribution in [3.8, 4) is 17.2 Å². The van der Waals surface area contributed by atoms with E-state index in [1.54, 1.807) is 70.8 Å². The number of amides is 1. The SMILES string of the molecule is CCS(=O)(=O)c1ccc(C(Oc2ccc(C=NC)cc2)C(=O)Nc2nc3c(OC)ccc(OC)c3s2)cc1. The predicted octanol–water partition coefficient (Wildman–Crippen LogP) is 4.91.